The SMILES string of the molecule is CCCCC1(O[Si](C)(C)C)C(=O)C(/C=C\c2ccccc2)=C1C. The van der Waals surface area contributed by atoms with Gasteiger partial charge in [0.1, 0.15) is 5.60 Å². The zero-order chi connectivity index (χ0) is 17.1. The standard InChI is InChI=1S/C20H28O2Si/c1-6-7-15-20(22-23(3,4)5)16(2)18(19(20)21)14-13-17-11-9-8-10-12-17/h8-14H,6-7,15H2,1-5H3/b14-13-. The number of ketones is 1. The summed E-state index contributed by atoms with van der Waals surface area (Å²) >= 11 is 0. The van der Waals surface area contributed by atoms with Gasteiger partial charge in [-0.3, -0.25) is 4.79 Å². The van der Waals surface area contributed by atoms with E-state index >= 15 is 0 Å². The third-order valence-corrected chi connectivity index (χ3v) is 5.19. The van der Waals surface area contributed by atoms with E-state index in [0.29, 0.717) is 0 Å². The molecule has 1 aromatic rings. The van der Waals surface area contributed by atoms with Gasteiger partial charge in [0, 0.05) is 5.57 Å². The van der Waals surface area contributed by atoms with Crippen molar-refractivity contribution in [2.45, 2.75) is 58.4 Å². The van der Waals surface area contributed by atoms with Crippen LogP contribution in [0.25, 0.3) is 6.08 Å². The fourth-order valence-corrected chi connectivity index (χ4v) is 4.47. The van der Waals surface area contributed by atoms with Crippen LogP contribution in [0.5, 0.6) is 0 Å². The molecule has 0 amide bonds. The molecule has 3 heteroatoms. The highest BCUT2D eigenvalue weighted by Gasteiger charge is 2.52. The molecule has 2 nitrogen and oxygen atoms in total. The first-order valence-corrected chi connectivity index (χ1v) is 11.9. The highest BCUT2D eigenvalue weighted by Crippen LogP contribution is 2.44. The van der Waals surface area contributed by atoms with Crippen LogP contribution in [0.1, 0.15) is 38.7 Å². The van der Waals surface area contributed by atoms with Crippen molar-refractivity contribution in [2.24, 2.45) is 0 Å². The summed E-state index contributed by atoms with van der Waals surface area (Å²) in [5, 5.41) is 0. The average molecular weight is 329 g/mol. The first kappa shape index (κ1) is 17.9. The fraction of sp³-hybridized carbons (Fsp3) is 0.450. The maximum atomic E-state index is 12.9. The number of unbranched alkanes of at least 4 members (excludes halogenated alkanes) is 1. The van der Waals surface area contributed by atoms with Crippen molar-refractivity contribution in [3.8, 4) is 0 Å². The zero-order valence-electron chi connectivity index (χ0n) is 15.0. The number of rotatable bonds is 7. The van der Waals surface area contributed by atoms with Gasteiger partial charge in [0.15, 0.2) is 14.1 Å². The molecule has 1 unspecified atom stereocenters. The number of Topliss-reactive ketones (excluding diaryl/α,β-unsaturated/α-hetero) is 1. The van der Waals surface area contributed by atoms with Crippen LogP contribution in [0.4, 0.5) is 0 Å². The van der Waals surface area contributed by atoms with Crippen LogP contribution in [0.15, 0.2) is 47.6 Å². The van der Waals surface area contributed by atoms with E-state index in [1.54, 1.807) is 0 Å². The third-order valence-electron chi connectivity index (χ3n) is 4.23. The molecule has 0 aromatic heterocycles. The van der Waals surface area contributed by atoms with E-state index in [9.17, 15) is 4.79 Å². The van der Waals surface area contributed by atoms with Crippen molar-refractivity contribution in [3.05, 3.63) is 53.1 Å². The number of carbonyl (C=O) groups excluding carboxylic acids is 1. The van der Waals surface area contributed by atoms with E-state index in [0.717, 1.165) is 36.0 Å². The Morgan fingerprint density at radius 1 is 1.13 bits per heavy atom. The number of allylic oxidation sites excluding steroid dienone is 1. The van der Waals surface area contributed by atoms with Crippen molar-refractivity contribution in [3.63, 3.8) is 0 Å². The van der Waals surface area contributed by atoms with Crippen molar-refractivity contribution in [1.29, 1.82) is 0 Å². The Kier molecular flexibility index (Phi) is 5.43. The van der Waals surface area contributed by atoms with Crippen LogP contribution in [-0.2, 0) is 9.22 Å². The summed E-state index contributed by atoms with van der Waals surface area (Å²) in [7, 11) is -1.79. The highest BCUT2D eigenvalue weighted by atomic mass is 28.4. The van der Waals surface area contributed by atoms with Crippen LogP contribution in [-0.4, -0.2) is 19.7 Å². The Hall–Kier alpha value is -1.45. The van der Waals surface area contributed by atoms with E-state index in [2.05, 4.69) is 33.5 Å². The molecule has 0 aliphatic heterocycles. The van der Waals surface area contributed by atoms with E-state index in [4.69, 9.17) is 4.43 Å². The Bertz CT molecular complexity index is 623. The van der Waals surface area contributed by atoms with Crippen LogP contribution >= 0.6 is 0 Å². The molecular formula is C20H28O2Si. The predicted molar refractivity (Wildman–Crippen MR) is 99.9 cm³/mol. The normalized spacial score (nSPS) is 21.9. The largest absolute Gasteiger partial charge is 0.401 e. The minimum Gasteiger partial charge on any atom is -0.401 e. The zero-order valence-corrected chi connectivity index (χ0v) is 16.0. The molecule has 1 aliphatic rings. The second-order valence-corrected chi connectivity index (χ2v) is 11.7. The monoisotopic (exact) mass is 328 g/mol. The van der Waals surface area contributed by atoms with Gasteiger partial charge in [0.2, 0.25) is 0 Å². The second kappa shape index (κ2) is 6.98. The van der Waals surface area contributed by atoms with Crippen molar-refractivity contribution in [1.82, 2.24) is 0 Å². The third kappa shape index (κ3) is 3.90. The van der Waals surface area contributed by atoms with Gasteiger partial charge in [-0.05, 0) is 44.1 Å². The topological polar surface area (TPSA) is 26.3 Å². The van der Waals surface area contributed by atoms with E-state index in [1.807, 2.05) is 42.5 Å². The van der Waals surface area contributed by atoms with Crippen molar-refractivity contribution in [2.75, 3.05) is 0 Å². The lowest BCUT2D eigenvalue weighted by molar-refractivity contribution is -0.132. The van der Waals surface area contributed by atoms with Gasteiger partial charge in [0.25, 0.3) is 0 Å². The molecule has 2 rings (SSSR count). The smallest absolute Gasteiger partial charge is 0.197 e. The molecule has 0 bridgehead atoms. The molecule has 0 radical (unpaired) electrons. The second-order valence-electron chi connectivity index (χ2n) is 7.26. The average Bonchev–Trinajstić information content (AvgIpc) is 2.51. The van der Waals surface area contributed by atoms with Crippen molar-refractivity contribution < 1.29 is 9.22 Å². The van der Waals surface area contributed by atoms with Gasteiger partial charge in [-0.25, -0.2) is 0 Å². The van der Waals surface area contributed by atoms with Gasteiger partial charge in [-0.2, -0.15) is 0 Å². The van der Waals surface area contributed by atoms with Gasteiger partial charge < -0.3 is 4.43 Å². The van der Waals surface area contributed by atoms with Gasteiger partial charge in [-0.1, -0.05) is 62.2 Å². The maximum Gasteiger partial charge on any atom is 0.197 e. The molecule has 0 saturated heterocycles. The van der Waals surface area contributed by atoms with Gasteiger partial charge >= 0.3 is 0 Å². The maximum absolute atomic E-state index is 12.9. The summed E-state index contributed by atoms with van der Waals surface area (Å²) in [5.41, 5.74) is 2.38. The molecule has 0 spiro atoms. The number of carbonyl (C=O) groups is 1. The van der Waals surface area contributed by atoms with E-state index in [-0.39, 0.29) is 5.78 Å². The quantitative estimate of drug-likeness (QED) is 0.628. The predicted octanol–water partition coefficient (Wildman–Crippen LogP) is 5.38. The van der Waals surface area contributed by atoms with Gasteiger partial charge in [0.05, 0.1) is 0 Å². The molecule has 1 aromatic carbocycles. The van der Waals surface area contributed by atoms with Crippen molar-refractivity contribution >= 4 is 20.2 Å². The van der Waals surface area contributed by atoms with E-state index in [1.165, 1.54) is 0 Å². The van der Waals surface area contributed by atoms with Crippen LogP contribution in [0, 0.1) is 0 Å². The van der Waals surface area contributed by atoms with Gasteiger partial charge in [-0.15, -0.1) is 0 Å². The van der Waals surface area contributed by atoms with Crippen LogP contribution < -0.4 is 0 Å². The van der Waals surface area contributed by atoms with E-state index < -0.39 is 13.9 Å². The summed E-state index contributed by atoms with van der Waals surface area (Å²) < 4.78 is 6.37. The molecule has 0 heterocycles. The lowest BCUT2D eigenvalue weighted by Gasteiger charge is -2.46. The molecule has 1 atom stereocenters. The highest BCUT2D eigenvalue weighted by molar-refractivity contribution is 6.70. The minimum atomic E-state index is -1.79. The Labute approximate surface area is 141 Å². The molecule has 1 aliphatic carbocycles. The lowest BCUT2D eigenvalue weighted by atomic mass is 9.70. The molecule has 23 heavy (non-hydrogen) atoms. The summed E-state index contributed by atoms with van der Waals surface area (Å²) in [6, 6.07) is 10.1. The number of hydrogen-bond donors (Lipinski definition) is 0. The summed E-state index contributed by atoms with van der Waals surface area (Å²) in [6.45, 7) is 10.7. The molecule has 0 fully saturated rings. The molecular weight excluding hydrogens is 300 g/mol. The Morgan fingerprint density at radius 2 is 1.78 bits per heavy atom. The Balaban J connectivity index is 2.27. The summed E-state index contributed by atoms with van der Waals surface area (Å²) in [4.78, 5) is 12.9. The first-order valence-electron chi connectivity index (χ1n) is 8.49. The number of hydrogen-bond acceptors (Lipinski definition) is 2. The molecule has 0 N–H and O–H groups in total. The first-order chi connectivity index (χ1) is 10.8. The molecule has 124 valence electrons. The van der Waals surface area contributed by atoms with Crippen LogP contribution in [0.3, 0.4) is 0 Å². The molecule has 0 saturated carbocycles. The Morgan fingerprint density at radius 3 is 2.30 bits per heavy atom. The summed E-state index contributed by atoms with van der Waals surface area (Å²) in [6.07, 6.45) is 6.86. The number of benzene rings is 1. The lowest BCUT2D eigenvalue weighted by Crippen LogP contribution is -2.56. The summed E-state index contributed by atoms with van der Waals surface area (Å²) in [5.74, 6) is 0.165. The minimum absolute atomic E-state index is 0.165. The van der Waals surface area contributed by atoms with Crippen LogP contribution in [0.2, 0.25) is 19.6 Å². The fourth-order valence-electron chi connectivity index (χ4n) is 3.08.